The minimum atomic E-state index is -0.580. The average Bonchev–Trinajstić information content (AvgIpc) is 3.29. The number of carbonyl (C=O) groups is 1. The quantitative estimate of drug-likeness (QED) is 0.475. The van der Waals surface area contributed by atoms with Gasteiger partial charge in [-0.2, -0.15) is 0 Å². The molecule has 6 nitrogen and oxygen atoms in total. The number of benzene rings is 2. The van der Waals surface area contributed by atoms with Crippen LogP contribution in [0.15, 0.2) is 59.4 Å². The van der Waals surface area contributed by atoms with Gasteiger partial charge in [-0.3, -0.25) is 4.79 Å². The van der Waals surface area contributed by atoms with Crippen LogP contribution in [0.5, 0.6) is 0 Å². The molecule has 1 amide bonds. The summed E-state index contributed by atoms with van der Waals surface area (Å²) in [4.78, 5) is 17.1. The van der Waals surface area contributed by atoms with Crippen molar-refractivity contribution in [1.82, 2.24) is 14.7 Å². The first-order valence-electron chi connectivity index (χ1n) is 9.22. The molecule has 0 saturated heterocycles. The molecule has 0 aliphatic rings. The lowest BCUT2D eigenvalue weighted by atomic mass is 10.0. The number of rotatable bonds is 5. The summed E-state index contributed by atoms with van der Waals surface area (Å²) >= 11 is 6.14. The molecule has 30 heavy (non-hydrogen) atoms. The topological polar surface area (TPSA) is 73.0 Å². The van der Waals surface area contributed by atoms with Gasteiger partial charge in [0.1, 0.15) is 28.7 Å². The van der Waals surface area contributed by atoms with Gasteiger partial charge in [0.05, 0.1) is 10.6 Å². The Hall–Kier alpha value is -3.45. The number of aryl methyl sites for hydroxylation is 2. The lowest BCUT2D eigenvalue weighted by Crippen LogP contribution is -2.14. The van der Waals surface area contributed by atoms with Crippen LogP contribution in [-0.4, -0.2) is 20.6 Å². The third kappa shape index (κ3) is 3.84. The maximum Gasteiger partial charge on any atom is 0.261 e. The lowest BCUT2D eigenvalue weighted by molar-refractivity contribution is 0.102. The van der Waals surface area contributed by atoms with Crippen LogP contribution in [0, 0.1) is 19.7 Å². The Morgan fingerprint density at radius 1 is 1.20 bits per heavy atom. The number of imidazole rings is 1. The highest BCUT2D eigenvalue weighted by molar-refractivity contribution is 6.33. The molecule has 0 radical (unpaired) electrons. The highest BCUT2D eigenvalue weighted by Gasteiger charge is 2.25. The molecule has 0 aliphatic carbocycles. The maximum atomic E-state index is 14.3. The zero-order chi connectivity index (χ0) is 21.3. The van der Waals surface area contributed by atoms with E-state index in [1.165, 1.54) is 18.2 Å². The summed E-state index contributed by atoms with van der Waals surface area (Å²) < 4.78 is 21.5. The number of carbonyl (C=O) groups excluding carboxylic acids is 1. The number of amides is 1. The van der Waals surface area contributed by atoms with Crippen molar-refractivity contribution >= 4 is 23.2 Å². The van der Waals surface area contributed by atoms with Gasteiger partial charge in [0.2, 0.25) is 0 Å². The molecule has 0 unspecified atom stereocenters. The molecule has 0 aliphatic heterocycles. The first kappa shape index (κ1) is 19.8. The van der Waals surface area contributed by atoms with Crippen molar-refractivity contribution in [3.63, 3.8) is 0 Å². The van der Waals surface area contributed by atoms with Gasteiger partial charge in [-0.05, 0) is 43.7 Å². The Morgan fingerprint density at radius 2 is 1.97 bits per heavy atom. The summed E-state index contributed by atoms with van der Waals surface area (Å²) in [6.45, 7) is 4.22. The number of aromatic nitrogens is 3. The van der Waals surface area contributed by atoms with Gasteiger partial charge in [-0.15, -0.1) is 0 Å². The molecule has 152 valence electrons. The molecule has 1 N–H and O–H groups in total. The Morgan fingerprint density at radius 3 is 2.63 bits per heavy atom. The molecule has 4 rings (SSSR count). The van der Waals surface area contributed by atoms with Crippen molar-refractivity contribution in [3.05, 3.63) is 88.4 Å². The van der Waals surface area contributed by atoms with E-state index in [0.717, 1.165) is 11.4 Å². The second-order valence-corrected chi connectivity index (χ2v) is 7.22. The zero-order valence-corrected chi connectivity index (χ0v) is 17.1. The van der Waals surface area contributed by atoms with E-state index in [0.29, 0.717) is 12.2 Å². The van der Waals surface area contributed by atoms with Crippen molar-refractivity contribution in [3.8, 4) is 11.3 Å². The largest absolute Gasteiger partial charge is 0.360 e. The van der Waals surface area contributed by atoms with Crippen molar-refractivity contribution < 1.29 is 13.7 Å². The van der Waals surface area contributed by atoms with Crippen LogP contribution in [0.1, 0.15) is 27.5 Å². The molecule has 8 heteroatoms. The SMILES string of the molecule is Cc1onc(-c2c(F)cccc2Cl)c1C(=O)Nc1ccc(Cn2ccnc2C)cc1. The number of hydrogen-bond donors (Lipinski definition) is 1. The Bertz CT molecular complexity index is 1190. The Kier molecular flexibility index (Phi) is 5.37. The fourth-order valence-corrected chi connectivity index (χ4v) is 3.44. The van der Waals surface area contributed by atoms with Crippen LogP contribution in [0.4, 0.5) is 10.1 Å². The summed E-state index contributed by atoms with van der Waals surface area (Å²) in [5, 5.41) is 6.82. The maximum absolute atomic E-state index is 14.3. The molecule has 0 bridgehead atoms. The third-order valence-corrected chi connectivity index (χ3v) is 5.09. The molecule has 0 spiro atoms. The lowest BCUT2D eigenvalue weighted by Gasteiger charge is -2.09. The highest BCUT2D eigenvalue weighted by atomic mass is 35.5. The predicted molar refractivity (Wildman–Crippen MR) is 112 cm³/mol. The predicted octanol–water partition coefficient (Wildman–Crippen LogP) is 5.25. The van der Waals surface area contributed by atoms with E-state index in [1.807, 2.05) is 29.8 Å². The zero-order valence-electron chi connectivity index (χ0n) is 16.3. The second-order valence-electron chi connectivity index (χ2n) is 6.81. The summed E-state index contributed by atoms with van der Waals surface area (Å²) in [6.07, 6.45) is 3.67. The number of halogens is 2. The van der Waals surface area contributed by atoms with E-state index >= 15 is 0 Å². The summed E-state index contributed by atoms with van der Waals surface area (Å²) in [7, 11) is 0. The number of nitrogens with zero attached hydrogens (tertiary/aromatic N) is 3. The molecule has 0 atom stereocenters. The van der Waals surface area contributed by atoms with Gasteiger partial charge in [0.25, 0.3) is 5.91 Å². The van der Waals surface area contributed by atoms with E-state index in [4.69, 9.17) is 16.1 Å². The standard InChI is InChI=1S/C22H18ClFN4O2/c1-13-19(21(27-30-13)20-17(23)4-3-5-18(20)24)22(29)26-16-8-6-15(7-9-16)12-28-11-10-25-14(28)2/h3-11H,12H2,1-2H3,(H,26,29). The minimum absolute atomic E-state index is 0.0345. The van der Waals surface area contributed by atoms with Crippen molar-refractivity contribution in [2.75, 3.05) is 5.32 Å². The van der Waals surface area contributed by atoms with Crippen LogP contribution in [0.25, 0.3) is 11.3 Å². The van der Waals surface area contributed by atoms with E-state index in [9.17, 15) is 9.18 Å². The molecule has 0 saturated carbocycles. The van der Waals surface area contributed by atoms with Gasteiger partial charge in [-0.1, -0.05) is 35.0 Å². The monoisotopic (exact) mass is 424 g/mol. The number of anilines is 1. The third-order valence-electron chi connectivity index (χ3n) is 4.78. The van der Waals surface area contributed by atoms with E-state index in [1.54, 1.807) is 25.3 Å². The first-order valence-corrected chi connectivity index (χ1v) is 9.60. The Balaban J connectivity index is 1.56. The summed E-state index contributed by atoms with van der Waals surface area (Å²) in [5.74, 6) is 0.161. The molecular weight excluding hydrogens is 407 g/mol. The first-order chi connectivity index (χ1) is 14.4. The van der Waals surface area contributed by atoms with E-state index < -0.39 is 11.7 Å². The highest BCUT2D eigenvalue weighted by Crippen LogP contribution is 2.33. The summed E-state index contributed by atoms with van der Waals surface area (Å²) in [6, 6.07) is 11.7. The average molecular weight is 425 g/mol. The fourth-order valence-electron chi connectivity index (χ4n) is 3.19. The minimum Gasteiger partial charge on any atom is -0.360 e. The van der Waals surface area contributed by atoms with Gasteiger partial charge >= 0.3 is 0 Å². The van der Waals surface area contributed by atoms with Crippen molar-refractivity contribution in [1.29, 1.82) is 0 Å². The van der Waals surface area contributed by atoms with Gasteiger partial charge < -0.3 is 14.4 Å². The second kappa shape index (κ2) is 8.12. The number of nitrogens with one attached hydrogen (secondary N) is 1. The van der Waals surface area contributed by atoms with E-state index in [-0.39, 0.29) is 27.6 Å². The van der Waals surface area contributed by atoms with Crippen LogP contribution >= 0.6 is 11.6 Å². The smallest absolute Gasteiger partial charge is 0.261 e. The van der Waals surface area contributed by atoms with Crippen molar-refractivity contribution in [2.45, 2.75) is 20.4 Å². The molecular formula is C22H18ClFN4O2. The Labute approximate surface area is 177 Å². The van der Waals surface area contributed by atoms with Crippen LogP contribution < -0.4 is 5.32 Å². The van der Waals surface area contributed by atoms with Crippen LogP contribution in [0.3, 0.4) is 0 Å². The molecule has 2 aromatic heterocycles. The van der Waals surface area contributed by atoms with E-state index in [2.05, 4.69) is 15.5 Å². The molecule has 2 heterocycles. The number of hydrogen-bond acceptors (Lipinski definition) is 4. The fraction of sp³-hybridized carbons (Fsp3) is 0.136. The van der Waals surface area contributed by atoms with Gasteiger partial charge in [0.15, 0.2) is 0 Å². The summed E-state index contributed by atoms with van der Waals surface area (Å²) in [5.41, 5.74) is 1.90. The molecule has 4 aromatic rings. The van der Waals surface area contributed by atoms with Gasteiger partial charge in [0, 0.05) is 24.6 Å². The molecule has 0 fully saturated rings. The van der Waals surface area contributed by atoms with Gasteiger partial charge in [-0.25, -0.2) is 9.37 Å². The van der Waals surface area contributed by atoms with Crippen molar-refractivity contribution in [2.24, 2.45) is 0 Å². The molecule has 2 aromatic carbocycles. The van der Waals surface area contributed by atoms with Crippen LogP contribution in [0.2, 0.25) is 5.02 Å². The normalized spacial score (nSPS) is 10.9. The van der Waals surface area contributed by atoms with Crippen LogP contribution in [-0.2, 0) is 6.54 Å².